The van der Waals surface area contributed by atoms with E-state index in [2.05, 4.69) is 48.4 Å². The van der Waals surface area contributed by atoms with Gasteiger partial charge in [0.05, 0.1) is 19.8 Å². The fourth-order valence-corrected chi connectivity index (χ4v) is 4.43. The van der Waals surface area contributed by atoms with Crippen molar-refractivity contribution in [3.05, 3.63) is 69.3 Å². The molecule has 2 aromatic rings. The van der Waals surface area contributed by atoms with Crippen LogP contribution in [0.4, 0.5) is 0 Å². The van der Waals surface area contributed by atoms with Crippen molar-refractivity contribution in [2.75, 3.05) is 19.8 Å². The zero-order valence-corrected chi connectivity index (χ0v) is 33.2. The van der Waals surface area contributed by atoms with Crippen LogP contribution in [-0.4, -0.2) is 77.8 Å². The predicted molar refractivity (Wildman–Crippen MR) is 179 cm³/mol. The Morgan fingerprint density at radius 2 is 1.04 bits per heavy atom. The first-order chi connectivity index (χ1) is 21.7. The molecule has 10 nitrogen and oxygen atoms in total. The molecule has 2 rings (SSSR count). The van der Waals surface area contributed by atoms with Gasteiger partial charge in [0.2, 0.25) is 0 Å². The van der Waals surface area contributed by atoms with E-state index >= 15 is 0 Å². The summed E-state index contributed by atoms with van der Waals surface area (Å²) in [6, 6.07) is 11.9. The summed E-state index contributed by atoms with van der Waals surface area (Å²) in [6.07, 6.45) is 4.32. The number of carbonyl (C=O) groups excluding carboxylic acids is 6. The Balaban J connectivity index is -0.000000300. The van der Waals surface area contributed by atoms with E-state index in [0.717, 1.165) is 47.9 Å². The summed E-state index contributed by atoms with van der Waals surface area (Å²) >= 11 is 0. The number of Topliss-reactive ketones (excluding diaryl/α,β-unsaturated/α-hetero) is 1. The van der Waals surface area contributed by atoms with Gasteiger partial charge in [-0.3, -0.25) is 4.79 Å². The van der Waals surface area contributed by atoms with E-state index in [1.54, 1.807) is 6.92 Å². The van der Waals surface area contributed by atoms with Crippen LogP contribution in [0.1, 0.15) is 101 Å². The summed E-state index contributed by atoms with van der Waals surface area (Å²) in [5, 5.41) is 10.9. The Morgan fingerprint density at radius 1 is 0.688 bits per heavy atom. The standard InChI is InChI=1S/C17H26O3.C11H15.C7H10O5.CO2.BrH.Mg/c1-6-13-10-12(5)11-14(7-2)15(13)17(19,8-3)16(18)20-9-4;1-4-10-6-9(3)7-11(5-2)8-10;1-3-11-6(9)5(8)7(10)12-4-2;2-1-3;;/h10-11,19H,6-9H2,1-5H3;6-7H,4-5H2,1-3H3;3-4H2,1-2H3;;1H;/q;-1;;;;+2/p-1. The van der Waals surface area contributed by atoms with Crippen molar-refractivity contribution >= 4 is 52.9 Å². The molecule has 264 valence electrons. The molecule has 0 aliphatic carbocycles. The van der Waals surface area contributed by atoms with Crippen molar-refractivity contribution in [3.63, 3.8) is 0 Å². The summed E-state index contributed by atoms with van der Waals surface area (Å²) in [5.41, 5.74) is 6.44. The van der Waals surface area contributed by atoms with E-state index in [1.165, 1.54) is 30.5 Å². The minimum absolute atomic E-state index is 0. The van der Waals surface area contributed by atoms with Crippen LogP contribution in [-0.2, 0) is 74.3 Å². The summed E-state index contributed by atoms with van der Waals surface area (Å²) in [5.74, 6) is -4.15. The van der Waals surface area contributed by atoms with E-state index in [0.29, 0.717) is 6.42 Å². The zero-order chi connectivity index (χ0) is 35.9. The second-order valence-electron chi connectivity index (χ2n) is 9.87. The molecule has 0 saturated heterocycles. The number of ether oxygens (including phenoxy) is 3. The van der Waals surface area contributed by atoms with Crippen LogP contribution < -0.4 is 17.0 Å². The molecule has 1 atom stereocenters. The summed E-state index contributed by atoms with van der Waals surface area (Å²) in [4.78, 5) is 60.3. The van der Waals surface area contributed by atoms with Crippen molar-refractivity contribution in [2.45, 2.75) is 107 Å². The number of benzene rings is 2. The Hall–Kier alpha value is -2.89. The second kappa shape index (κ2) is 29.1. The summed E-state index contributed by atoms with van der Waals surface area (Å²) in [6.45, 7) is 19.6. The quantitative estimate of drug-likeness (QED) is 0.0853. The fraction of sp³-hybridized carbons (Fsp3) is 0.528. The Bertz CT molecular complexity index is 1240. The largest absolute Gasteiger partial charge is 2.00 e. The zero-order valence-electron chi connectivity index (χ0n) is 30.2. The molecule has 2 aromatic carbocycles. The maximum Gasteiger partial charge on any atom is 2.00 e. The number of ketones is 1. The number of aliphatic hydroxyl groups is 1. The summed E-state index contributed by atoms with van der Waals surface area (Å²) in [7, 11) is 0. The molecular formula is C36H51BrMgO10. The third-order valence-corrected chi connectivity index (χ3v) is 6.55. The number of aryl methyl sites for hydroxylation is 6. The van der Waals surface area contributed by atoms with E-state index in [-0.39, 0.29) is 66.0 Å². The third-order valence-electron chi connectivity index (χ3n) is 6.55. The first-order valence-corrected chi connectivity index (χ1v) is 15.7. The van der Waals surface area contributed by atoms with Gasteiger partial charge in [-0.1, -0.05) is 72.1 Å². The van der Waals surface area contributed by atoms with Crippen LogP contribution >= 0.6 is 0 Å². The number of carbonyl (C=O) groups is 4. The first kappa shape index (κ1) is 51.9. The molecule has 0 aliphatic rings. The van der Waals surface area contributed by atoms with Gasteiger partial charge in [0.1, 0.15) is 0 Å². The van der Waals surface area contributed by atoms with Crippen molar-refractivity contribution < 1.29 is 65.1 Å². The van der Waals surface area contributed by atoms with Gasteiger partial charge in [-0.15, -0.1) is 0 Å². The molecule has 0 spiro atoms. The van der Waals surface area contributed by atoms with Gasteiger partial charge in [0.25, 0.3) is 0 Å². The van der Waals surface area contributed by atoms with Gasteiger partial charge >= 0.3 is 52.9 Å². The molecule has 0 aromatic heterocycles. The number of esters is 3. The Kier molecular flexibility index (Phi) is 31.4. The van der Waals surface area contributed by atoms with Crippen molar-refractivity contribution in [1.82, 2.24) is 0 Å². The maximum absolute atomic E-state index is 12.2. The molecule has 0 radical (unpaired) electrons. The van der Waals surface area contributed by atoms with E-state index in [9.17, 15) is 24.3 Å². The second-order valence-corrected chi connectivity index (χ2v) is 9.87. The molecule has 0 amide bonds. The van der Waals surface area contributed by atoms with E-state index in [1.807, 2.05) is 39.8 Å². The van der Waals surface area contributed by atoms with Crippen LogP contribution in [0.2, 0.25) is 0 Å². The van der Waals surface area contributed by atoms with Crippen LogP contribution in [0.5, 0.6) is 0 Å². The van der Waals surface area contributed by atoms with Crippen LogP contribution in [0.25, 0.3) is 0 Å². The molecule has 0 fully saturated rings. The SMILES string of the molecule is CCOC(=O)C(=O)C(=O)OCC.CCOC(=O)C(O)(CC)c1c(CC)cc(C)cc1CC.CCc1[c-]c(CC)cc(C)c1.O=C=O.[Br-].[Mg+2]. The normalized spacial score (nSPS) is 10.5. The molecule has 1 N–H and O–H groups in total. The maximum atomic E-state index is 12.2. The smallest absolute Gasteiger partial charge is 1.00 e. The van der Waals surface area contributed by atoms with Crippen LogP contribution in [0.3, 0.4) is 0 Å². The van der Waals surface area contributed by atoms with Gasteiger partial charge in [-0.05, 0) is 58.1 Å². The molecule has 0 bridgehead atoms. The molecule has 0 saturated carbocycles. The van der Waals surface area contributed by atoms with Crippen LogP contribution in [0.15, 0.2) is 24.3 Å². The topological polar surface area (TPSA) is 150 Å². The van der Waals surface area contributed by atoms with E-state index < -0.39 is 29.3 Å². The molecule has 1 unspecified atom stereocenters. The van der Waals surface area contributed by atoms with Crippen molar-refractivity contribution in [1.29, 1.82) is 0 Å². The first-order valence-electron chi connectivity index (χ1n) is 15.7. The van der Waals surface area contributed by atoms with Gasteiger partial charge in [-0.25, -0.2) is 14.4 Å². The average molecular weight is 748 g/mol. The molecule has 48 heavy (non-hydrogen) atoms. The molecule has 0 aliphatic heterocycles. The van der Waals surface area contributed by atoms with Crippen LogP contribution in [0, 0.1) is 19.9 Å². The number of halogens is 1. The number of hydrogen-bond acceptors (Lipinski definition) is 10. The Labute approximate surface area is 312 Å². The van der Waals surface area contributed by atoms with Gasteiger partial charge < -0.3 is 36.3 Å². The third kappa shape index (κ3) is 18.0. The summed E-state index contributed by atoms with van der Waals surface area (Å²) < 4.78 is 13.7. The van der Waals surface area contributed by atoms with Crippen molar-refractivity contribution in [3.8, 4) is 0 Å². The monoisotopic (exact) mass is 746 g/mol. The minimum Gasteiger partial charge on any atom is -1.00 e. The van der Waals surface area contributed by atoms with Crippen molar-refractivity contribution in [2.24, 2.45) is 0 Å². The number of hydrogen-bond donors (Lipinski definition) is 1. The minimum atomic E-state index is -1.54. The molecular weight excluding hydrogens is 697 g/mol. The molecule has 0 heterocycles. The van der Waals surface area contributed by atoms with Gasteiger partial charge in [0.15, 0.2) is 5.60 Å². The average Bonchev–Trinajstić information content (AvgIpc) is 3.04. The van der Waals surface area contributed by atoms with Gasteiger partial charge in [-0.2, -0.15) is 44.5 Å². The Morgan fingerprint density at radius 3 is 1.33 bits per heavy atom. The number of rotatable bonds is 12. The fourth-order valence-electron chi connectivity index (χ4n) is 4.43. The predicted octanol–water partition coefficient (Wildman–Crippen LogP) is 1.92. The molecule has 12 heteroatoms. The van der Waals surface area contributed by atoms with E-state index in [4.69, 9.17) is 14.3 Å². The van der Waals surface area contributed by atoms with Gasteiger partial charge in [0, 0.05) is 5.56 Å².